The van der Waals surface area contributed by atoms with Gasteiger partial charge in [0.25, 0.3) is 0 Å². The summed E-state index contributed by atoms with van der Waals surface area (Å²) in [5.41, 5.74) is 0. The van der Waals surface area contributed by atoms with Crippen molar-refractivity contribution >= 4 is 15.8 Å². The molecule has 1 aliphatic heterocycles. The fraction of sp³-hybridized carbons (Fsp3) is 0.833. The number of hydrogen-bond donors (Lipinski definition) is 0. The van der Waals surface area contributed by atoms with Crippen molar-refractivity contribution in [3.05, 3.63) is 0 Å². The zero-order valence-corrected chi connectivity index (χ0v) is 12.4. The fourth-order valence-corrected chi connectivity index (χ4v) is 4.17. The highest BCUT2D eigenvalue weighted by molar-refractivity contribution is 7.92. The Morgan fingerprint density at radius 2 is 2.21 bits per heavy atom. The SMILES string of the molecule is CCC1(S(C)(=O)=O)CC(C)CCN1OC(=O)CC#N. The fourth-order valence-electron chi connectivity index (χ4n) is 2.56. The summed E-state index contributed by atoms with van der Waals surface area (Å²) in [6.45, 7) is 4.13. The number of hydrogen-bond acceptors (Lipinski definition) is 6. The molecule has 1 rings (SSSR count). The summed E-state index contributed by atoms with van der Waals surface area (Å²) in [6.07, 6.45) is 2.32. The van der Waals surface area contributed by atoms with Crippen LogP contribution in [0.25, 0.3) is 0 Å². The minimum atomic E-state index is -3.41. The van der Waals surface area contributed by atoms with Crippen LogP contribution in [0.5, 0.6) is 0 Å². The quantitative estimate of drug-likeness (QED) is 0.773. The van der Waals surface area contributed by atoms with Crippen molar-refractivity contribution in [3.8, 4) is 6.07 Å². The number of rotatable bonds is 4. The molecule has 19 heavy (non-hydrogen) atoms. The van der Waals surface area contributed by atoms with E-state index < -0.39 is 20.7 Å². The van der Waals surface area contributed by atoms with Crippen LogP contribution in [0.4, 0.5) is 0 Å². The number of nitrogens with zero attached hydrogens (tertiary/aromatic N) is 2. The molecule has 108 valence electrons. The van der Waals surface area contributed by atoms with E-state index in [1.54, 1.807) is 13.0 Å². The molecule has 0 bridgehead atoms. The predicted octanol–water partition coefficient (Wildman–Crippen LogP) is 1.24. The molecule has 7 heteroatoms. The van der Waals surface area contributed by atoms with Crippen molar-refractivity contribution in [2.75, 3.05) is 12.8 Å². The Morgan fingerprint density at radius 1 is 1.58 bits per heavy atom. The largest absolute Gasteiger partial charge is 0.365 e. The lowest BCUT2D eigenvalue weighted by Crippen LogP contribution is -2.58. The van der Waals surface area contributed by atoms with Crippen LogP contribution in [0.3, 0.4) is 0 Å². The third-order valence-electron chi connectivity index (χ3n) is 3.62. The van der Waals surface area contributed by atoms with Gasteiger partial charge in [0, 0.05) is 12.8 Å². The zero-order chi connectivity index (χ0) is 14.7. The van der Waals surface area contributed by atoms with Gasteiger partial charge in [-0.3, -0.25) is 0 Å². The van der Waals surface area contributed by atoms with E-state index in [0.717, 1.165) is 6.42 Å². The summed E-state index contributed by atoms with van der Waals surface area (Å²) in [7, 11) is -3.41. The van der Waals surface area contributed by atoms with Gasteiger partial charge in [-0.25, -0.2) is 13.2 Å². The van der Waals surface area contributed by atoms with Crippen molar-refractivity contribution in [2.45, 2.75) is 44.4 Å². The van der Waals surface area contributed by atoms with Gasteiger partial charge in [-0.1, -0.05) is 13.8 Å². The van der Waals surface area contributed by atoms with Gasteiger partial charge in [0.2, 0.25) is 0 Å². The van der Waals surface area contributed by atoms with Crippen LogP contribution in [0, 0.1) is 17.2 Å². The van der Waals surface area contributed by atoms with E-state index in [2.05, 4.69) is 0 Å². The van der Waals surface area contributed by atoms with Crippen molar-refractivity contribution in [1.82, 2.24) is 5.06 Å². The standard InChI is InChI=1S/C12H20N2O4S/c1-4-12(19(3,16)17)9-10(2)6-8-14(12)18-11(15)5-7-13/h10H,4-6,8-9H2,1-3H3. The van der Waals surface area contributed by atoms with Gasteiger partial charge in [0.15, 0.2) is 14.7 Å². The summed E-state index contributed by atoms with van der Waals surface area (Å²) in [5, 5.41) is 9.73. The molecule has 1 fully saturated rings. The molecular weight excluding hydrogens is 268 g/mol. The van der Waals surface area contributed by atoms with Crippen LogP contribution in [0.15, 0.2) is 0 Å². The van der Waals surface area contributed by atoms with E-state index in [9.17, 15) is 13.2 Å². The molecule has 6 nitrogen and oxygen atoms in total. The van der Waals surface area contributed by atoms with Gasteiger partial charge in [-0.15, -0.1) is 5.06 Å². The van der Waals surface area contributed by atoms with Crippen LogP contribution in [-0.2, 0) is 19.5 Å². The summed E-state index contributed by atoms with van der Waals surface area (Å²) >= 11 is 0. The molecule has 0 aromatic rings. The van der Waals surface area contributed by atoms with Crippen molar-refractivity contribution in [3.63, 3.8) is 0 Å². The summed E-state index contributed by atoms with van der Waals surface area (Å²) in [5.74, 6) is -0.459. The Bertz CT molecular complexity index is 482. The second kappa shape index (κ2) is 5.88. The summed E-state index contributed by atoms with van der Waals surface area (Å²) < 4.78 is 24.3. The topological polar surface area (TPSA) is 87.5 Å². The second-order valence-corrected chi connectivity index (χ2v) is 7.37. The van der Waals surface area contributed by atoms with E-state index in [-0.39, 0.29) is 12.3 Å². The van der Waals surface area contributed by atoms with E-state index in [0.29, 0.717) is 19.4 Å². The lowest BCUT2D eigenvalue weighted by Gasteiger charge is -2.45. The minimum absolute atomic E-state index is 0.251. The van der Waals surface area contributed by atoms with Crippen LogP contribution in [-0.4, -0.2) is 37.1 Å². The van der Waals surface area contributed by atoms with Gasteiger partial charge >= 0.3 is 5.97 Å². The predicted molar refractivity (Wildman–Crippen MR) is 69.3 cm³/mol. The Labute approximate surface area is 114 Å². The monoisotopic (exact) mass is 288 g/mol. The van der Waals surface area contributed by atoms with E-state index in [1.165, 1.54) is 11.3 Å². The molecule has 2 unspecified atom stereocenters. The highest BCUT2D eigenvalue weighted by Crippen LogP contribution is 2.38. The van der Waals surface area contributed by atoms with Crippen molar-refractivity contribution in [1.29, 1.82) is 5.26 Å². The summed E-state index contributed by atoms with van der Waals surface area (Å²) in [4.78, 5) is 15.4. The summed E-state index contributed by atoms with van der Waals surface area (Å²) in [6, 6.07) is 1.70. The first-order valence-corrected chi connectivity index (χ1v) is 8.21. The highest BCUT2D eigenvalue weighted by atomic mass is 32.2. The number of carbonyl (C=O) groups excluding carboxylic acids is 1. The molecule has 0 radical (unpaired) electrons. The van der Waals surface area contributed by atoms with Gasteiger partial charge < -0.3 is 4.84 Å². The number of carbonyl (C=O) groups is 1. The molecule has 1 heterocycles. The van der Waals surface area contributed by atoms with Gasteiger partial charge in [0.1, 0.15) is 6.42 Å². The molecule has 0 amide bonds. The van der Waals surface area contributed by atoms with Crippen LogP contribution < -0.4 is 0 Å². The van der Waals surface area contributed by atoms with Crippen LogP contribution in [0.1, 0.15) is 39.5 Å². The highest BCUT2D eigenvalue weighted by Gasteiger charge is 2.50. The molecular formula is C12H20N2O4S. The normalized spacial score (nSPS) is 28.6. The van der Waals surface area contributed by atoms with Gasteiger partial charge in [-0.2, -0.15) is 5.26 Å². The number of hydroxylamine groups is 2. The third-order valence-corrected chi connectivity index (χ3v) is 5.66. The molecule has 2 atom stereocenters. The Kier molecular flexibility index (Phi) is 4.93. The van der Waals surface area contributed by atoms with Gasteiger partial charge in [0.05, 0.1) is 6.07 Å². The Hall–Kier alpha value is -1.13. The second-order valence-electron chi connectivity index (χ2n) is 5.07. The van der Waals surface area contributed by atoms with E-state index in [4.69, 9.17) is 10.1 Å². The zero-order valence-electron chi connectivity index (χ0n) is 11.5. The smallest absolute Gasteiger partial charge is 0.339 e. The average molecular weight is 288 g/mol. The lowest BCUT2D eigenvalue weighted by atomic mass is 9.92. The Balaban J connectivity index is 3.06. The maximum Gasteiger partial charge on any atom is 0.339 e. The lowest BCUT2D eigenvalue weighted by molar-refractivity contribution is -0.218. The number of sulfone groups is 1. The number of piperidine rings is 1. The first-order valence-electron chi connectivity index (χ1n) is 6.32. The molecule has 0 aliphatic carbocycles. The molecule has 0 N–H and O–H groups in total. The third kappa shape index (κ3) is 3.25. The van der Waals surface area contributed by atoms with Crippen molar-refractivity contribution < 1.29 is 18.0 Å². The van der Waals surface area contributed by atoms with Crippen LogP contribution in [0.2, 0.25) is 0 Å². The maximum atomic E-state index is 12.1. The number of nitriles is 1. The average Bonchev–Trinajstić information content (AvgIpc) is 2.30. The molecule has 0 spiro atoms. The molecule has 1 saturated heterocycles. The maximum absolute atomic E-state index is 12.1. The molecule has 0 aromatic heterocycles. The molecule has 1 aliphatic rings. The first-order chi connectivity index (χ1) is 8.76. The Morgan fingerprint density at radius 3 is 2.68 bits per heavy atom. The van der Waals surface area contributed by atoms with Crippen molar-refractivity contribution in [2.24, 2.45) is 5.92 Å². The minimum Gasteiger partial charge on any atom is -0.365 e. The molecule has 0 aromatic carbocycles. The first kappa shape index (κ1) is 15.9. The van der Waals surface area contributed by atoms with Gasteiger partial charge in [-0.05, 0) is 25.2 Å². The van der Waals surface area contributed by atoms with Crippen LogP contribution >= 0.6 is 0 Å². The van der Waals surface area contributed by atoms with E-state index in [1.807, 2.05) is 6.92 Å². The van der Waals surface area contributed by atoms with E-state index >= 15 is 0 Å². The molecule has 0 saturated carbocycles.